The van der Waals surface area contributed by atoms with Gasteiger partial charge in [0, 0.05) is 25.5 Å². The number of carbonyl (C=O) groups excluding carboxylic acids is 1. The lowest BCUT2D eigenvalue weighted by atomic mass is 9.90. The van der Waals surface area contributed by atoms with E-state index in [1.165, 1.54) is 13.2 Å². The lowest BCUT2D eigenvalue weighted by Gasteiger charge is -2.28. The van der Waals surface area contributed by atoms with Gasteiger partial charge in [0.1, 0.15) is 28.9 Å². The summed E-state index contributed by atoms with van der Waals surface area (Å²) in [6, 6.07) is 4.73. The second kappa shape index (κ2) is 10.2. The molecule has 0 saturated carbocycles. The number of phenols is 2. The molecule has 5 N–H and O–H groups in total. The number of hydrogen-bond acceptors (Lipinski definition) is 8. The molecule has 3 rings (SSSR count). The van der Waals surface area contributed by atoms with Gasteiger partial charge >= 0.3 is 5.97 Å². The SMILES string of the molecule is COc1cc(O)c2c(O)c3c(cc2c1)C[C@@H](C[C@@H](O)C[C@H](O)CCCCCO)OC3=O. The molecule has 0 bridgehead atoms. The zero-order valence-electron chi connectivity index (χ0n) is 17.6. The normalized spacial score (nSPS) is 17.8. The van der Waals surface area contributed by atoms with Gasteiger partial charge < -0.3 is 35.0 Å². The Kier molecular flexibility index (Phi) is 7.59. The van der Waals surface area contributed by atoms with E-state index in [0.29, 0.717) is 36.0 Å². The first kappa shape index (κ1) is 23.1. The molecule has 170 valence electrons. The second-order valence-corrected chi connectivity index (χ2v) is 8.09. The molecule has 8 nitrogen and oxygen atoms in total. The zero-order chi connectivity index (χ0) is 22.5. The van der Waals surface area contributed by atoms with E-state index in [4.69, 9.17) is 14.6 Å². The molecule has 0 unspecified atom stereocenters. The van der Waals surface area contributed by atoms with E-state index in [0.717, 1.165) is 12.8 Å². The molecule has 2 aromatic rings. The first-order valence-corrected chi connectivity index (χ1v) is 10.6. The number of hydrogen-bond donors (Lipinski definition) is 5. The van der Waals surface area contributed by atoms with Crippen LogP contribution in [0.2, 0.25) is 0 Å². The molecule has 0 aromatic heterocycles. The lowest BCUT2D eigenvalue weighted by Crippen LogP contribution is -2.32. The summed E-state index contributed by atoms with van der Waals surface area (Å²) >= 11 is 0. The molecule has 1 heterocycles. The predicted molar refractivity (Wildman–Crippen MR) is 114 cm³/mol. The van der Waals surface area contributed by atoms with Crippen LogP contribution in [-0.4, -0.2) is 63.5 Å². The van der Waals surface area contributed by atoms with Crippen molar-refractivity contribution in [3.63, 3.8) is 0 Å². The van der Waals surface area contributed by atoms with Crippen molar-refractivity contribution < 1.29 is 39.8 Å². The third-order valence-electron chi connectivity index (χ3n) is 5.68. The van der Waals surface area contributed by atoms with E-state index >= 15 is 0 Å². The van der Waals surface area contributed by atoms with Crippen molar-refractivity contribution in [3.8, 4) is 17.2 Å². The minimum absolute atomic E-state index is 0.0163. The van der Waals surface area contributed by atoms with Crippen LogP contribution < -0.4 is 4.74 Å². The van der Waals surface area contributed by atoms with Gasteiger partial charge in [-0.05, 0) is 42.3 Å². The number of aliphatic hydroxyl groups is 3. The average Bonchev–Trinajstić information content (AvgIpc) is 2.70. The highest BCUT2D eigenvalue weighted by atomic mass is 16.5. The number of aromatic hydroxyl groups is 2. The number of methoxy groups -OCH3 is 1. The number of esters is 1. The van der Waals surface area contributed by atoms with Gasteiger partial charge in [-0.2, -0.15) is 0 Å². The Morgan fingerprint density at radius 1 is 1.13 bits per heavy atom. The Labute approximate surface area is 180 Å². The highest BCUT2D eigenvalue weighted by Crippen LogP contribution is 2.42. The number of carbonyl (C=O) groups is 1. The van der Waals surface area contributed by atoms with Crippen molar-refractivity contribution in [2.24, 2.45) is 0 Å². The van der Waals surface area contributed by atoms with Gasteiger partial charge in [-0.25, -0.2) is 4.79 Å². The summed E-state index contributed by atoms with van der Waals surface area (Å²) in [6.07, 6.45) is 1.36. The van der Waals surface area contributed by atoms with Crippen LogP contribution in [0.4, 0.5) is 0 Å². The van der Waals surface area contributed by atoms with Crippen molar-refractivity contribution >= 4 is 16.7 Å². The van der Waals surface area contributed by atoms with Gasteiger partial charge in [0.15, 0.2) is 0 Å². The number of phenolic OH excluding ortho intramolecular Hbond substituents is 2. The van der Waals surface area contributed by atoms with Gasteiger partial charge in [-0.15, -0.1) is 0 Å². The van der Waals surface area contributed by atoms with Gasteiger partial charge in [0.25, 0.3) is 0 Å². The van der Waals surface area contributed by atoms with E-state index in [-0.39, 0.29) is 41.9 Å². The summed E-state index contributed by atoms with van der Waals surface area (Å²) in [5, 5.41) is 50.8. The summed E-state index contributed by atoms with van der Waals surface area (Å²) in [6.45, 7) is 0.129. The maximum atomic E-state index is 12.6. The topological polar surface area (TPSA) is 137 Å². The van der Waals surface area contributed by atoms with Crippen LogP contribution in [0.1, 0.15) is 54.4 Å². The summed E-state index contributed by atoms with van der Waals surface area (Å²) < 4.78 is 10.6. The van der Waals surface area contributed by atoms with Gasteiger partial charge in [-0.1, -0.05) is 12.8 Å². The van der Waals surface area contributed by atoms with E-state index in [9.17, 15) is 25.2 Å². The molecule has 0 spiro atoms. The van der Waals surface area contributed by atoms with Crippen LogP contribution in [0.5, 0.6) is 17.2 Å². The molecule has 0 amide bonds. The van der Waals surface area contributed by atoms with Crippen molar-refractivity contribution in [2.45, 2.75) is 63.3 Å². The molecule has 1 aliphatic heterocycles. The Morgan fingerprint density at radius 2 is 1.90 bits per heavy atom. The summed E-state index contributed by atoms with van der Waals surface area (Å²) in [4.78, 5) is 12.6. The predicted octanol–water partition coefficient (Wildman–Crippen LogP) is 2.40. The van der Waals surface area contributed by atoms with E-state index in [2.05, 4.69) is 0 Å². The number of benzene rings is 2. The lowest BCUT2D eigenvalue weighted by molar-refractivity contribution is 0.000693. The van der Waals surface area contributed by atoms with Gasteiger partial charge in [0.05, 0.1) is 24.7 Å². The number of aliphatic hydroxyl groups excluding tert-OH is 3. The molecule has 8 heteroatoms. The molecule has 0 radical (unpaired) electrons. The van der Waals surface area contributed by atoms with Gasteiger partial charge in [-0.3, -0.25) is 0 Å². The molecular formula is C23H30O8. The number of unbranched alkanes of at least 4 members (excludes halogenated alkanes) is 2. The van der Waals surface area contributed by atoms with Crippen molar-refractivity contribution in [3.05, 3.63) is 29.3 Å². The number of fused-ring (bicyclic) bond motifs is 2. The van der Waals surface area contributed by atoms with Gasteiger partial charge in [0.2, 0.25) is 0 Å². The molecule has 0 fully saturated rings. The minimum Gasteiger partial charge on any atom is -0.507 e. The fourth-order valence-corrected chi connectivity index (χ4v) is 4.17. The van der Waals surface area contributed by atoms with Crippen molar-refractivity contribution in [2.75, 3.05) is 13.7 Å². The average molecular weight is 434 g/mol. The Balaban J connectivity index is 1.71. The van der Waals surface area contributed by atoms with Crippen LogP contribution in [0.3, 0.4) is 0 Å². The van der Waals surface area contributed by atoms with Crippen molar-refractivity contribution in [1.29, 1.82) is 0 Å². The Morgan fingerprint density at radius 3 is 2.61 bits per heavy atom. The third kappa shape index (κ3) is 5.39. The highest BCUT2D eigenvalue weighted by Gasteiger charge is 2.32. The minimum atomic E-state index is -0.842. The van der Waals surface area contributed by atoms with E-state index in [1.54, 1.807) is 12.1 Å². The van der Waals surface area contributed by atoms with Crippen LogP contribution in [0.15, 0.2) is 18.2 Å². The van der Waals surface area contributed by atoms with Crippen LogP contribution in [0.25, 0.3) is 10.8 Å². The second-order valence-electron chi connectivity index (χ2n) is 8.09. The maximum absolute atomic E-state index is 12.6. The smallest absolute Gasteiger partial charge is 0.342 e. The van der Waals surface area contributed by atoms with Crippen LogP contribution >= 0.6 is 0 Å². The molecule has 31 heavy (non-hydrogen) atoms. The number of cyclic esters (lactones) is 1. The molecule has 3 atom stereocenters. The Bertz CT molecular complexity index is 926. The zero-order valence-corrected chi connectivity index (χ0v) is 17.6. The quantitative estimate of drug-likeness (QED) is 0.284. The largest absolute Gasteiger partial charge is 0.507 e. The summed E-state index contributed by atoms with van der Waals surface area (Å²) in [7, 11) is 1.47. The van der Waals surface area contributed by atoms with E-state index < -0.39 is 24.3 Å². The molecule has 1 aliphatic rings. The van der Waals surface area contributed by atoms with Crippen LogP contribution in [-0.2, 0) is 11.2 Å². The first-order valence-electron chi connectivity index (χ1n) is 10.6. The fourth-order valence-electron chi connectivity index (χ4n) is 4.17. The molecular weight excluding hydrogens is 404 g/mol. The summed E-state index contributed by atoms with van der Waals surface area (Å²) in [5.41, 5.74) is 0.582. The number of ether oxygens (including phenoxy) is 2. The van der Waals surface area contributed by atoms with E-state index in [1.807, 2.05) is 0 Å². The third-order valence-corrected chi connectivity index (χ3v) is 5.68. The molecule has 0 saturated heterocycles. The first-order chi connectivity index (χ1) is 14.8. The molecule has 2 aromatic carbocycles. The standard InChI is InChI=1S/C23H30O8/c1-30-17-8-13-7-14-9-18(11-16(26)10-15(25)5-3-2-4-6-24)31-23(29)21(14)22(28)20(13)19(27)12-17/h7-8,12,15-16,18,24-28H,2-6,9-11H2,1H3/t15-,16+,18+/m1/s1. The molecule has 0 aliphatic carbocycles. The Hall–Kier alpha value is -2.55. The fraction of sp³-hybridized carbons (Fsp3) is 0.522. The van der Waals surface area contributed by atoms with Crippen LogP contribution in [0, 0.1) is 0 Å². The monoisotopic (exact) mass is 434 g/mol. The highest BCUT2D eigenvalue weighted by molar-refractivity contribution is 6.05. The maximum Gasteiger partial charge on any atom is 0.342 e. The van der Waals surface area contributed by atoms with Crippen molar-refractivity contribution in [1.82, 2.24) is 0 Å². The summed E-state index contributed by atoms with van der Waals surface area (Å²) in [5.74, 6) is -0.830. The number of rotatable bonds is 10.